The van der Waals surface area contributed by atoms with Gasteiger partial charge in [0.25, 0.3) is 12.2 Å². The quantitative estimate of drug-likeness (QED) is 0.416. The van der Waals surface area contributed by atoms with Gasteiger partial charge in [0.1, 0.15) is 5.75 Å². The number of nitro groups is 1. The molecule has 0 spiro atoms. The van der Waals surface area contributed by atoms with Crippen LogP contribution in [0.1, 0.15) is 12.5 Å². The number of benzene rings is 1. The molecule has 0 saturated carbocycles. The number of hydrogen-bond donors (Lipinski definition) is 0. The highest BCUT2D eigenvalue weighted by Gasteiger charge is 2.12. The molecule has 0 fully saturated rings. The Morgan fingerprint density at radius 3 is 2.79 bits per heavy atom. The summed E-state index contributed by atoms with van der Waals surface area (Å²) in [5.41, 5.74) is 0.597. The standard InChI is InChI=1S/C9H9NO4/c1-2-7-5-8(14-6-11)3-4-9(7)10(12)13/h3-6H,2H2,1H3. The minimum atomic E-state index is -0.455. The number of rotatable bonds is 4. The molecule has 1 rings (SSSR count). The van der Waals surface area contributed by atoms with E-state index >= 15 is 0 Å². The van der Waals surface area contributed by atoms with Gasteiger partial charge in [-0.15, -0.1) is 0 Å². The smallest absolute Gasteiger partial charge is 0.298 e. The molecule has 0 atom stereocenters. The van der Waals surface area contributed by atoms with Gasteiger partial charge in [-0.3, -0.25) is 14.9 Å². The Labute approximate surface area is 80.5 Å². The fraction of sp³-hybridized carbons (Fsp3) is 0.222. The molecule has 0 aliphatic heterocycles. The van der Waals surface area contributed by atoms with Crippen LogP contribution in [0.25, 0.3) is 0 Å². The van der Waals surface area contributed by atoms with Crippen molar-refractivity contribution in [2.24, 2.45) is 0 Å². The average Bonchev–Trinajstić information content (AvgIpc) is 2.17. The second kappa shape index (κ2) is 4.36. The van der Waals surface area contributed by atoms with Crippen molar-refractivity contribution in [3.8, 4) is 5.75 Å². The first-order valence-corrected chi connectivity index (χ1v) is 4.06. The lowest BCUT2D eigenvalue weighted by atomic mass is 10.1. The van der Waals surface area contributed by atoms with Crippen molar-refractivity contribution in [1.29, 1.82) is 0 Å². The molecule has 1 aromatic carbocycles. The van der Waals surface area contributed by atoms with Gasteiger partial charge in [0, 0.05) is 11.6 Å². The van der Waals surface area contributed by atoms with E-state index in [4.69, 9.17) is 0 Å². The van der Waals surface area contributed by atoms with Gasteiger partial charge >= 0.3 is 0 Å². The summed E-state index contributed by atoms with van der Waals surface area (Å²) in [5.74, 6) is 0.322. The molecule has 5 nitrogen and oxygen atoms in total. The average molecular weight is 195 g/mol. The third-order valence-electron chi connectivity index (χ3n) is 1.81. The van der Waals surface area contributed by atoms with Crippen LogP contribution < -0.4 is 4.74 Å². The third-order valence-corrected chi connectivity index (χ3v) is 1.81. The molecule has 0 aliphatic carbocycles. The SMILES string of the molecule is CCc1cc(OC=O)ccc1[N+](=O)[O-]. The number of carbonyl (C=O) groups excluding carboxylic acids is 1. The van der Waals surface area contributed by atoms with E-state index in [9.17, 15) is 14.9 Å². The van der Waals surface area contributed by atoms with Crippen LogP contribution in [-0.4, -0.2) is 11.4 Å². The van der Waals surface area contributed by atoms with Crippen LogP contribution in [-0.2, 0) is 11.2 Å². The van der Waals surface area contributed by atoms with Gasteiger partial charge in [0.05, 0.1) is 4.92 Å². The normalized spacial score (nSPS) is 9.50. The van der Waals surface area contributed by atoms with Crippen molar-refractivity contribution in [2.45, 2.75) is 13.3 Å². The zero-order chi connectivity index (χ0) is 10.6. The number of nitrogens with zero attached hydrogens (tertiary/aromatic N) is 1. The van der Waals surface area contributed by atoms with Gasteiger partial charge in [-0.1, -0.05) is 6.92 Å². The molecule has 0 amide bonds. The topological polar surface area (TPSA) is 69.4 Å². The predicted molar refractivity (Wildman–Crippen MR) is 49.2 cm³/mol. The number of nitro benzene ring substituents is 1. The second-order valence-electron chi connectivity index (χ2n) is 2.62. The van der Waals surface area contributed by atoms with E-state index in [0.29, 0.717) is 24.2 Å². The molecular weight excluding hydrogens is 186 g/mol. The Balaban J connectivity index is 3.10. The van der Waals surface area contributed by atoms with E-state index in [-0.39, 0.29) is 5.69 Å². The summed E-state index contributed by atoms with van der Waals surface area (Å²) in [6.07, 6.45) is 0.520. The summed E-state index contributed by atoms with van der Waals surface area (Å²) in [4.78, 5) is 20.1. The van der Waals surface area contributed by atoms with Crippen LogP contribution >= 0.6 is 0 Å². The Morgan fingerprint density at radius 2 is 2.29 bits per heavy atom. The van der Waals surface area contributed by atoms with Crippen molar-refractivity contribution < 1.29 is 14.5 Å². The molecule has 74 valence electrons. The number of carbonyl (C=O) groups is 1. The van der Waals surface area contributed by atoms with E-state index in [0.717, 1.165) is 0 Å². The lowest BCUT2D eigenvalue weighted by Gasteiger charge is -2.02. The minimum Gasteiger partial charge on any atom is -0.429 e. The Hall–Kier alpha value is -1.91. The van der Waals surface area contributed by atoms with Crippen LogP contribution in [0.3, 0.4) is 0 Å². The molecule has 0 aromatic heterocycles. The molecule has 0 aliphatic rings. The van der Waals surface area contributed by atoms with Crippen molar-refractivity contribution in [3.05, 3.63) is 33.9 Å². The van der Waals surface area contributed by atoms with Crippen LogP contribution in [0.4, 0.5) is 5.69 Å². The van der Waals surface area contributed by atoms with Crippen molar-refractivity contribution in [1.82, 2.24) is 0 Å². The largest absolute Gasteiger partial charge is 0.429 e. The maximum absolute atomic E-state index is 10.5. The zero-order valence-electron chi connectivity index (χ0n) is 7.60. The van der Waals surface area contributed by atoms with Gasteiger partial charge in [0.2, 0.25) is 0 Å². The number of hydrogen-bond acceptors (Lipinski definition) is 4. The Kier molecular flexibility index (Phi) is 3.17. The van der Waals surface area contributed by atoms with Crippen LogP contribution in [0.15, 0.2) is 18.2 Å². The van der Waals surface area contributed by atoms with Crippen molar-refractivity contribution >= 4 is 12.2 Å². The third kappa shape index (κ3) is 2.07. The maximum Gasteiger partial charge on any atom is 0.298 e. The lowest BCUT2D eigenvalue weighted by Crippen LogP contribution is -1.96. The molecule has 0 heterocycles. The first kappa shape index (κ1) is 10.2. The molecule has 0 N–H and O–H groups in total. The summed E-state index contributed by atoms with van der Waals surface area (Å²) >= 11 is 0. The molecule has 0 bridgehead atoms. The van der Waals surface area contributed by atoms with Gasteiger partial charge in [-0.2, -0.15) is 0 Å². The van der Waals surface area contributed by atoms with Crippen LogP contribution in [0.5, 0.6) is 5.75 Å². The summed E-state index contributed by atoms with van der Waals surface area (Å²) < 4.78 is 4.58. The minimum absolute atomic E-state index is 0.0470. The summed E-state index contributed by atoms with van der Waals surface area (Å²) in [7, 11) is 0. The summed E-state index contributed by atoms with van der Waals surface area (Å²) in [6.45, 7) is 2.09. The maximum atomic E-state index is 10.5. The molecular formula is C9H9NO4. The van der Waals surface area contributed by atoms with Crippen LogP contribution in [0, 0.1) is 10.1 Å². The Bertz CT molecular complexity index is 362. The highest BCUT2D eigenvalue weighted by molar-refractivity contribution is 5.50. The fourth-order valence-electron chi connectivity index (χ4n) is 1.15. The van der Waals surface area contributed by atoms with Crippen molar-refractivity contribution in [3.63, 3.8) is 0 Å². The van der Waals surface area contributed by atoms with Gasteiger partial charge in [-0.05, 0) is 18.6 Å². The lowest BCUT2D eigenvalue weighted by molar-refractivity contribution is -0.385. The van der Waals surface area contributed by atoms with E-state index < -0.39 is 4.92 Å². The van der Waals surface area contributed by atoms with Crippen molar-refractivity contribution in [2.75, 3.05) is 0 Å². The number of ether oxygens (including phenoxy) is 1. The number of aryl methyl sites for hydroxylation is 1. The molecule has 0 radical (unpaired) electrons. The fourth-order valence-corrected chi connectivity index (χ4v) is 1.15. The predicted octanol–water partition coefficient (Wildman–Crippen LogP) is 1.69. The van der Waals surface area contributed by atoms with E-state index in [1.165, 1.54) is 18.2 Å². The monoisotopic (exact) mass is 195 g/mol. The van der Waals surface area contributed by atoms with E-state index in [2.05, 4.69) is 4.74 Å². The molecule has 1 aromatic rings. The van der Waals surface area contributed by atoms with Gasteiger partial charge in [0.15, 0.2) is 0 Å². The van der Waals surface area contributed by atoms with Gasteiger partial charge < -0.3 is 4.74 Å². The second-order valence-corrected chi connectivity index (χ2v) is 2.62. The van der Waals surface area contributed by atoms with E-state index in [1.807, 2.05) is 0 Å². The van der Waals surface area contributed by atoms with E-state index in [1.54, 1.807) is 6.92 Å². The summed E-state index contributed by atoms with van der Waals surface area (Å²) in [5, 5.41) is 10.5. The molecule has 0 saturated heterocycles. The molecule has 0 unspecified atom stereocenters. The van der Waals surface area contributed by atoms with Crippen LogP contribution in [0.2, 0.25) is 0 Å². The first-order valence-electron chi connectivity index (χ1n) is 4.06. The highest BCUT2D eigenvalue weighted by Crippen LogP contribution is 2.23. The molecule has 5 heteroatoms. The molecule has 14 heavy (non-hydrogen) atoms. The Morgan fingerprint density at radius 1 is 1.57 bits per heavy atom. The summed E-state index contributed by atoms with van der Waals surface area (Å²) in [6, 6.07) is 4.22. The first-order chi connectivity index (χ1) is 6.69. The highest BCUT2D eigenvalue weighted by atomic mass is 16.6. The zero-order valence-corrected chi connectivity index (χ0v) is 7.60. The van der Waals surface area contributed by atoms with Gasteiger partial charge in [-0.25, -0.2) is 0 Å².